The molecule has 3 heteroatoms. The molecule has 0 fully saturated rings. The zero-order valence-corrected chi connectivity index (χ0v) is 11.4. The number of Topliss-reactive ketones (excluding diaryl/α,β-unsaturated/α-hetero) is 2. The molecular formula is C15H21NO2. The number of aromatic nitrogens is 1. The van der Waals surface area contributed by atoms with Gasteiger partial charge in [-0.3, -0.25) is 14.6 Å². The lowest BCUT2D eigenvalue weighted by Crippen LogP contribution is -2.20. The molecule has 18 heavy (non-hydrogen) atoms. The Morgan fingerprint density at radius 1 is 1.11 bits per heavy atom. The van der Waals surface area contributed by atoms with Crippen LogP contribution in [0.4, 0.5) is 0 Å². The number of aryl methyl sites for hydroxylation is 1. The third-order valence-electron chi connectivity index (χ3n) is 2.85. The van der Waals surface area contributed by atoms with Crippen molar-refractivity contribution < 1.29 is 9.59 Å². The fraction of sp³-hybridized carbons (Fsp3) is 0.533. The van der Waals surface area contributed by atoms with Crippen molar-refractivity contribution in [1.82, 2.24) is 4.98 Å². The summed E-state index contributed by atoms with van der Waals surface area (Å²) in [7, 11) is 0. The van der Waals surface area contributed by atoms with Crippen molar-refractivity contribution >= 4 is 11.6 Å². The van der Waals surface area contributed by atoms with Crippen molar-refractivity contribution in [2.45, 2.75) is 46.5 Å². The second-order valence-corrected chi connectivity index (χ2v) is 5.53. The van der Waals surface area contributed by atoms with Crippen molar-refractivity contribution in [3.8, 4) is 0 Å². The standard InChI is InChI=1S/C15H21NO2/c1-15(2,3)14(18)10-9-13(17)8-7-12-6-4-5-11-16-12/h4-6,11H,7-10H2,1-3H3. The highest BCUT2D eigenvalue weighted by Gasteiger charge is 2.21. The van der Waals surface area contributed by atoms with Gasteiger partial charge < -0.3 is 0 Å². The largest absolute Gasteiger partial charge is 0.300 e. The molecule has 0 spiro atoms. The van der Waals surface area contributed by atoms with E-state index in [1.54, 1.807) is 6.20 Å². The Morgan fingerprint density at radius 3 is 2.39 bits per heavy atom. The second kappa shape index (κ2) is 6.43. The molecule has 0 aromatic carbocycles. The molecule has 0 amide bonds. The Hall–Kier alpha value is -1.51. The fourth-order valence-electron chi connectivity index (χ4n) is 1.57. The van der Waals surface area contributed by atoms with Crippen LogP contribution >= 0.6 is 0 Å². The molecule has 1 heterocycles. The molecule has 0 saturated heterocycles. The van der Waals surface area contributed by atoms with Gasteiger partial charge in [-0.25, -0.2) is 0 Å². The highest BCUT2D eigenvalue weighted by Crippen LogP contribution is 2.18. The summed E-state index contributed by atoms with van der Waals surface area (Å²) >= 11 is 0. The summed E-state index contributed by atoms with van der Waals surface area (Å²) < 4.78 is 0. The van der Waals surface area contributed by atoms with Crippen LogP contribution in [0.2, 0.25) is 0 Å². The Bertz CT molecular complexity index is 404. The fourth-order valence-corrected chi connectivity index (χ4v) is 1.57. The molecule has 0 aliphatic heterocycles. The Labute approximate surface area is 109 Å². The number of carbonyl (C=O) groups is 2. The monoisotopic (exact) mass is 247 g/mol. The number of ketones is 2. The first-order valence-corrected chi connectivity index (χ1v) is 6.34. The van der Waals surface area contributed by atoms with Gasteiger partial charge in [0.15, 0.2) is 0 Å². The quantitative estimate of drug-likeness (QED) is 0.776. The molecule has 3 nitrogen and oxygen atoms in total. The van der Waals surface area contributed by atoms with Crippen LogP contribution in [0.3, 0.4) is 0 Å². The summed E-state index contributed by atoms with van der Waals surface area (Å²) in [5, 5.41) is 0. The highest BCUT2D eigenvalue weighted by molar-refractivity contribution is 5.88. The van der Waals surface area contributed by atoms with Crippen molar-refractivity contribution in [2.24, 2.45) is 5.41 Å². The van der Waals surface area contributed by atoms with Crippen molar-refractivity contribution in [2.75, 3.05) is 0 Å². The zero-order chi connectivity index (χ0) is 13.6. The van der Waals surface area contributed by atoms with E-state index in [1.807, 2.05) is 39.0 Å². The number of rotatable bonds is 6. The summed E-state index contributed by atoms with van der Waals surface area (Å²) in [6.07, 6.45) is 3.55. The van der Waals surface area contributed by atoms with E-state index in [-0.39, 0.29) is 17.0 Å². The van der Waals surface area contributed by atoms with Crippen LogP contribution in [0.25, 0.3) is 0 Å². The smallest absolute Gasteiger partial charge is 0.138 e. The number of hydrogen-bond acceptors (Lipinski definition) is 3. The maximum Gasteiger partial charge on any atom is 0.138 e. The van der Waals surface area contributed by atoms with Crippen LogP contribution in [-0.4, -0.2) is 16.6 Å². The molecule has 98 valence electrons. The lowest BCUT2D eigenvalue weighted by atomic mass is 9.87. The molecule has 1 aromatic heterocycles. The molecule has 0 atom stereocenters. The van der Waals surface area contributed by atoms with Gasteiger partial charge in [-0.1, -0.05) is 26.8 Å². The van der Waals surface area contributed by atoms with E-state index >= 15 is 0 Å². The van der Waals surface area contributed by atoms with Crippen molar-refractivity contribution in [1.29, 1.82) is 0 Å². The Balaban J connectivity index is 2.29. The van der Waals surface area contributed by atoms with Gasteiger partial charge in [-0.15, -0.1) is 0 Å². The van der Waals surface area contributed by atoms with Gasteiger partial charge in [-0.2, -0.15) is 0 Å². The molecule has 0 bridgehead atoms. The summed E-state index contributed by atoms with van der Waals surface area (Å²) in [5.41, 5.74) is 0.578. The molecule has 0 N–H and O–H groups in total. The topological polar surface area (TPSA) is 47.0 Å². The summed E-state index contributed by atoms with van der Waals surface area (Å²) in [5.74, 6) is 0.284. The predicted octanol–water partition coefficient (Wildman–Crippen LogP) is 2.98. The molecule has 0 saturated carbocycles. The molecule has 0 aliphatic carbocycles. The van der Waals surface area contributed by atoms with E-state index < -0.39 is 0 Å². The van der Waals surface area contributed by atoms with E-state index in [9.17, 15) is 9.59 Å². The lowest BCUT2D eigenvalue weighted by Gasteiger charge is -2.15. The van der Waals surface area contributed by atoms with Gasteiger partial charge in [0.05, 0.1) is 0 Å². The van der Waals surface area contributed by atoms with Crippen LogP contribution < -0.4 is 0 Å². The van der Waals surface area contributed by atoms with Crippen LogP contribution in [0.5, 0.6) is 0 Å². The first-order chi connectivity index (χ1) is 8.39. The molecular weight excluding hydrogens is 226 g/mol. The average molecular weight is 247 g/mol. The first kappa shape index (κ1) is 14.6. The summed E-state index contributed by atoms with van der Waals surface area (Å²) in [6, 6.07) is 5.68. The van der Waals surface area contributed by atoms with Crippen molar-refractivity contribution in [3.63, 3.8) is 0 Å². The number of pyridine rings is 1. The predicted molar refractivity (Wildman–Crippen MR) is 71.3 cm³/mol. The van der Waals surface area contributed by atoms with Crippen LogP contribution in [0, 0.1) is 5.41 Å². The Kier molecular flexibility index (Phi) is 5.20. The third kappa shape index (κ3) is 5.21. The van der Waals surface area contributed by atoms with E-state index in [2.05, 4.69) is 4.98 Å². The lowest BCUT2D eigenvalue weighted by molar-refractivity contribution is -0.129. The maximum atomic E-state index is 11.7. The van der Waals surface area contributed by atoms with Gasteiger partial charge in [-0.05, 0) is 18.6 Å². The van der Waals surface area contributed by atoms with Gasteiger partial charge in [0.2, 0.25) is 0 Å². The van der Waals surface area contributed by atoms with E-state index in [4.69, 9.17) is 0 Å². The summed E-state index contributed by atoms with van der Waals surface area (Å²) in [6.45, 7) is 5.65. The molecule has 1 aromatic rings. The van der Waals surface area contributed by atoms with Gasteiger partial charge in [0.25, 0.3) is 0 Å². The Morgan fingerprint density at radius 2 is 1.83 bits per heavy atom. The molecule has 0 radical (unpaired) electrons. The van der Waals surface area contributed by atoms with Crippen LogP contribution in [0.15, 0.2) is 24.4 Å². The number of carbonyl (C=O) groups excluding carboxylic acids is 2. The first-order valence-electron chi connectivity index (χ1n) is 6.34. The molecule has 1 rings (SSSR count). The minimum Gasteiger partial charge on any atom is -0.300 e. The van der Waals surface area contributed by atoms with Crippen LogP contribution in [-0.2, 0) is 16.0 Å². The van der Waals surface area contributed by atoms with Crippen LogP contribution in [0.1, 0.15) is 45.7 Å². The van der Waals surface area contributed by atoms with E-state index in [1.165, 1.54) is 0 Å². The van der Waals surface area contributed by atoms with Gasteiger partial charge in [0.1, 0.15) is 11.6 Å². The minimum atomic E-state index is -0.346. The zero-order valence-electron chi connectivity index (χ0n) is 11.4. The van der Waals surface area contributed by atoms with Gasteiger partial charge in [0, 0.05) is 36.6 Å². The van der Waals surface area contributed by atoms with E-state index in [0.717, 1.165) is 5.69 Å². The minimum absolute atomic E-state index is 0.137. The SMILES string of the molecule is CC(C)(C)C(=O)CCC(=O)CCc1ccccn1. The second-order valence-electron chi connectivity index (χ2n) is 5.53. The molecule has 0 unspecified atom stereocenters. The average Bonchev–Trinajstić information content (AvgIpc) is 2.33. The molecule has 0 aliphatic rings. The maximum absolute atomic E-state index is 11.7. The van der Waals surface area contributed by atoms with E-state index in [0.29, 0.717) is 25.7 Å². The number of hydrogen-bond donors (Lipinski definition) is 0. The van der Waals surface area contributed by atoms with Gasteiger partial charge >= 0.3 is 0 Å². The number of nitrogens with zero attached hydrogens (tertiary/aromatic N) is 1. The van der Waals surface area contributed by atoms with Crippen molar-refractivity contribution in [3.05, 3.63) is 30.1 Å². The summed E-state index contributed by atoms with van der Waals surface area (Å²) in [4.78, 5) is 27.5. The third-order valence-corrected chi connectivity index (χ3v) is 2.85. The normalized spacial score (nSPS) is 11.3. The highest BCUT2D eigenvalue weighted by atomic mass is 16.1.